The van der Waals surface area contributed by atoms with Gasteiger partial charge in [0.1, 0.15) is 5.69 Å². The Hall–Kier alpha value is -2.43. The lowest BCUT2D eigenvalue weighted by molar-refractivity contribution is 0.0736. The number of likely N-dealkylation sites (N-methyl/N-ethyl adjacent to an activating group) is 1. The minimum absolute atomic E-state index is 0.0180. The summed E-state index contributed by atoms with van der Waals surface area (Å²) in [6.45, 7) is 3.97. The molecule has 1 amide bonds. The van der Waals surface area contributed by atoms with Gasteiger partial charge in [-0.2, -0.15) is 0 Å². The SMILES string of the molecule is Cc1ccnc(C[C@H](C)N(C)C(=O)c2cccc(=O)[nH]2)c1. The molecule has 0 fully saturated rings. The number of aromatic nitrogens is 2. The van der Waals surface area contributed by atoms with Gasteiger partial charge in [0.2, 0.25) is 5.56 Å². The van der Waals surface area contributed by atoms with Gasteiger partial charge >= 0.3 is 0 Å². The molecular formula is C16H19N3O2. The smallest absolute Gasteiger partial charge is 0.270 e. The van der Waals surface area contributed by atoms with Gasteiger partial charge in [0.05, 0.1) is 0 Å². The standard InChI is InChI=1S/C16H19N3O2/c1-11-7-8-17-13(9-11)10-12(2)19(3)16(21)14-5-4-6-15(20)18-14/h4-9,12H,10H2,1-3H3,(H,18,20)/t12-/m0/s1. The van der Waals surface area contributed by atoms with Crippen molar-refractivity contribution in [1.29, 1.82) is 0 Å². The number of pyridine rings is 2. The second-order valence-electron chi connectivity index (χ2n) is 5.22. The molecule has 0 aliphatic heterocycles. The molecule has 110 valence electrons. The van der Waals surface area contributed by atoms with Crippen LogP contribution in [0.5, 0.6) is 0 Å². The molecule has 0 radical (unpaired) electrons. The van der Waals surface area contributed by atoms with E-state index in [1.165, 1.54) is 6.07 Å². The molecule has 0 aliphatic rings. The van der Waals surface area contributed by atoms with Gasteiger partial charge in [0.25, 0.3) is 5.91 Å². The number of aryl methyl sites for hydroxylation is 1. The quantitative estimate of drug-likeness (QED) is 0.931. The van der Waals surface area contributed by atoms with E-state index in [2.05, 4.69) is 9.97 Å². The van der Waals surface area contributed by atoms with Crippen molar-refractivity contribution in [2.24, 2.45) is 0 Å². The van der Waals surface area contributed by atoms with Crippen LogP contribution in [0.25, 0.3) is 0 Å². The molecule has 21 heavy (non-hydrogen) atoms. The highest BCUT2D eigenvalue weighted by Gasteiger charge is 2.18. The van der Waals surface area contributed by atoms with E-state index in [9.17, 15) is 9.59 Å². The summed E-state index contributed by atoms with van der Waals surface area (Å²) in [5.41, 5.74) is 2.12. The van der Waals surface area contributed by atoms with E-state index < -0.39 is 0 Å². The maximum absolute atomic E-state index is 12.3. The molecule has 0 spiro atoms. The van der Waals surface area contributed by atoms with Crippen molar-refractivity contribution in [2.45, 2.75) is 26.3 Å². The average molecular weight is 285 g/mol. The van der Waals surface area contributed by atoms with Crippen LogP contribution in [-0.2, 0) is 6.42 Å². The number of hydrogen-bond donors (Lipinski definition) is 1. The number of nitrogens with one attached hydrogen (secondary N) is 1. The highest BCUT2D eigenvalue weighted by molar-refractivity contribution is 5.92. The lowest BCUT2D eigenvalue weighted by Crippen LogP contribution is -2.37. The number of hydrogen-bond acceptors (Lipinski definition) is 3. The number of aromatic amines is 1. The fourth-order valence-corrected chi connectivity index (χ4v) is 2.11. The van der Waals surface area contributed by atoms with Gasteiger partial charge < -0.3 is 9.88 Å². The summed E-state index contributed by atoms with van der Waals surface area (Å²) < 4.78 is 0. The second kappa shape index (κ2) is 6.35. The van der Waals surface area contributed by atoms with Gasteiger partial charge in [0.15, 0.2) is 0 Å². The lowest BCUT2D eigenvalue weighted by atomic mass is 10.1. The maximum Gasteiger partial charge on any atom is 0.270 e. The Balaban J connectivity index is 2.10. The Bertz CT molecular complexity index is 694. The number of amides is 1. The van der Waals surface area contributed by atoms with Crippen molar-refractivity contribution in [2.75, 3.05) is 7.05 Å². The summed E-state index contributed by atoms with van der Waals surface area (Å²) in [4.78, 5) is 32.1. The number of nitrogens with zero attached hydrogens (tertiary/aromatic N) is 2. The zero-order valence-corrected chi connectivity index (χ0v) is 12.5. The monoisotopic (exact) mass is 285 g/mol. The lowest BCUT2D eigenvalue weighted by Gasteiger charge is -2.24. The Kier molecular flexibility index (Phi) is 4.52. The number of carbonyl (C=O) groups is 1. The highest BCUT2D eigenvalue weighted by atomic mass is 16.2. The van der Waals surface area contributed by atoms with Crippen LogP contribution in [-0.4, -0.2) is 33.9 Å². The van der Waals surface area contributed by atoms with Gasteiger partial charge in [-0.1, -0.05) is 6.07 Å². The van der Waals surface area contributed by atoms with Crippen LogP contribution in [0.3, 0.4) is 0 Å². The van der Waals surface area contributed by atoms with Crippen molar-refractivity contribution in [1.82, 2.24) is 14.9 Å². The van der Waals surface area contributed by atoms with Gasteiger partial charge in [-0.25, -0.2) is 0 Å². The van der Waals surface area contributed by atoms with Gasteiger partial charge in [-0.15, -0.1) is 0 Å². The predicted molar refractivity (Wildman–Crippen MR) is 81.3 cm³/mol. The van der Waals surface area contributed by atoms with Crippen molar-refractivity contribution in [3.05, 3.63) is 63.8 Å². The number of H-pyrrole nitrogens is 1. The molecule has 2 rings (SSSR count). The summed E-state index contributed by atoms with van der Waals surface area (Å²) in [7, 11) is 1.73. The molecule has 1 N–H and O–H groups in total. The van der Waals surface area contributed by atoms with Gasteiger partial charge in [-0.3, -0.25) is 14.6 Å². The van der Waals surface area contributed by atoms with Gasteiger partial charge in [-0.05, 0) is 37.6 Å². The normalized spacial score (nSPS) is 12.0. The van der Waals surface area contributed by atoms with Gasteiger partial charge in [0, 0.05) is 37.5 Å². The third-order valence-electron chi connectivity index (χ3n) is 3.46. The van der Waals surface area contributed by atoms with E-state index >= 15 is 0 Å². The van der Waals surface area contributed by atoms with Crippen LogP contribution < -0.4 is 5.56 Å². The van der Waals surface area contributed by atoms with Crippen LogP contribution >= 0.6 is 0 Å². The zero-order chi connectivity index (χ0) is 15.4. The first kappa shape index (κ1) is 15.0. The molecule has 2 aromatic rings. The fourth-order valence-electron chi connectivity index (χ4n) is 2.11. The van der Waals surface area contributed by atoms with E-state index in [1.54, 1.807) is 30.3 Å². The Morgan fingerprint density at radius 1 is 1.38 bits per heavy atom. The first-order chi connectivity index (χ1) is 9.97. The van der Waals surface area contributed by atoms with Crippen LogP contribution in [0.2, 0.25) is 0 Å². The fraction of sp³-hybridized carbons (Fsp3) is 0.312. The number of carbonyl (C=O) groups excluding carboxylic acids is 1. The molecule has 2 aromatic heterocycles. The first-order valence-corrected chi connectivity index (χ1v) is 6.85. The molecule has 2 heterocycles. The molecule has 0 aliphatic carbocycles. The minimum atomic E-state index is -0.276. The first-order valence-electron chi connectivity index (χ1n) is 6.85. The Morgan fingerprint density at radius 2 is 2.14 bits per heavy atom. The summed E-state index contributed by atoms with van der Waals surface area (Å²) >= 11 is 0. The molecule has 0 unspecified atom stereocenters. The Morgan fingerprint density at radius 3 is 2.81 bits per heavy atom. The average Bonchev–Trinajstić information content (AvgIpc) is 2.45. The largest absolute Gasteiger partial charge is 0.337 e. The molecule has 0 aromatic carbocycles. The summed E-state index contributed by atoms with van der Waals surface area (Å²) in [5.74, 6) is -0.201. The Labute approximate surface area is 123 Å². The summed E-state index contributed by atoms with van der Waals surface area (Å²) in [6, 6.07) is 8.51. The van der Waals surface area contributed by atoms with E-state index in [-0.39, 0.29) is 17.5 Å². The molecular weight excluding hydrogens is 266 g/mol. The van der Waals surface area contributed by atoms with E-state index in [4.69, 9.17) is 0 Å². The van der Waals surface area contributed by atoms with Crippen molar-refractivity contribution in [3.63, 3.8) is 0 Å². The zero-order valence-electron chi connectivity index (χ0n) is 12.5. The van der Waals surface area contributed by atoms with Crippen LogP contribution in [0.15, 0.2) is 41.3 Å². The third kappa shape index (κ3) is 3.78. The highest BCUT2D eigenvalue weighted by Crippen LogP contribution is 2.09. The molecule has 5 heteroatoms. The van der Waals surface area contributed by atoms with Crippen LogP contribution in [0.4, 0.5) is 0 Å². The van der Waals surface area contributed by atoms with Crippen LogP contribution in [0.1, 0.15) is 28.7 Å². The third-order valence-corrected chi connectivity index (χ3v) is 3.46. The maximum atomic E-state index is 12.3. The predicted octanol–water partition coefficient (Wildman–Crippen LogP) is 1.78. The van der Waals surface area contributed by atoms with E-state index in [0.29, 0.717) is 12.1 Å². The molecule has 1 atom stereocenters. The summed E-state index contributed by atoms with van der Waals surface area (Å²) in [6.07, 6.45) is 2.44. The second-order valence-corrected chi connectivity index (χ2v) is 5.22. The molecule has 0 bridgehead atoms. The molecule has 5 nitrogen and oxygen atoms in total. The van der Waals surface area contributed by atoms with Crippen molar-refractivity contribution >= 4 is 5.91 Å². The van der Waals surface area contributed by atoms with E-state index in [0.717, 1.165) is 11.3 Å². The number of rotatable bonds is 4. The minimum Gasteiger partial charge on any atom is -0.337 e. The molecule has 0 saturated heterocycles. The molecule has 0 saturated carbocycles. The topological polar surface area (TPSA) is 66.1 Å². The van der Waals surface area contributed by atoms with Crippen molar-refractivity contribution < 1.29 is 4.79 Å². The van der Waals surface area contributed by atoms with Crippen LogP contribution in [0, 0.1) is 6.92 Å². The van der Waals surface area contributed by atoms with E-state index in [1.807, 2.05) is 26.0 Å². The van der Waals surface area contributed by atoms with Crippen molar-refractivity contribution in [3.8, 4) is 0 Å². The summed E-state index contributed by atoms with van der Waals surface area (Å²) in [5, 5.41) is 0.